The first-order valence-corrected chi connectivity index (χ1v) is 8.26. The van der Waals surface area contributed by atoms with Gasteiger partial charge < -0.3 is 19.7 Å². The SMILES string of the molecule is COc1cc2c(cc1OC)C(=O)N(C)[C@H](c1cc(Br)cs1)N2. The number of methoxy groups -OCH3 is 2. The van der Waals surface area contributed by atoms with Crippen molar-refractivity contribution in [1.82, 2.24) is 4.90 Å². The molecule has 0 unspecified atom stereocenters. The van der Waals surface area contributed by atoms with Crippen LogP contribution in [-0.4, -0.2) is 32.1 Å². The van der Waals surface area contributed by atoms with Gasteiger partial charge in [-0.15, -0.1) is 11.3 Å². The van der Waals surface area contributed by atoms with Crippen molar-refractivity contribution in [3.8, 4) is 11.5 Å². The van der Waals surface area contributed by atoms with Crippen LogP contribution in [0.25, 0.3) is 0 Å². The number of carbonyl (C=O) groups is 1. The summed E-state index contributed by atoms with van der Waals surface area (Å²) in [5.74, 6) is 1.09. The van der Waals surface area contributed by atoms with E-state index in [1.807, 2.05) is 11.4 Å². The minimum absolute atomic E-state index is 0.0516. The highest BCUT2D eigenvalue weighted by Crippen LogP contribution is 2.40. The highest BCUT2D eigenvalue weighted by Gasteiger charge is 2.32. The Bertz CT molecular complexity index is 732. The highest BCUT2D eigenvalue weighted by molar-refractivity contribution is 9.10. The molecule has 2 aromatic rings. The van der Waals surface area contributed by atoms with Crippen molar-refractivity contribution >= 4 is 38.9 Å². The molecule has 0 fully saturated rings. The third-order valence-electron chi connectivity index (χ3n) is 3.61. The molecule has 3 rings (SSSR count). The Labute approximate surface area is 141 Å². The molecule has 2 heterocycles. The molecule has 0 saturated heterocycles. The van der Waals surface area contributed by atoms with Gasteiger partial charge in [0.05, 0.1) is 25.5 Å². The average Bonchev–Trinajstić information content (AvgIpc) is 2.95. The molecule has 0 radical (unpaired) electrons. The molecule has 1 aliphatic heterocycles. The first-order chi connectivity index (χ1) is 10.5. The number of carbonyl (C=O) groups excluding carboxylic acids is 1. The van der Waals surface area contributed by atoms with Crippen molar-refractivity contribution in [2.24, 2.45) is 0 Å². The molecule has 0 spiro atoms. The topological polar surface area (TPSA) is 50.8 Å². The number of benzene rings is 1. The van der Waals surface area contributed by atoms with Crippen LogP contribution in [0.2, 0.25) is 0 Å². The Morgan fingerprint density at radius 3 is 2.50 bits per heavy atom. The molecule has 1 N–H and O–H groups in total. The second-order valence-electron chi connectivity index (χ2n) is 4.88. The van der Waals surface area contributed by atoms with Gasteiger partial charge in [-0.25, -0.2) is 0 Å². The lowest BCUT2D eigenvalue weighted by molar-refractivity contribution is 0.0737. The van der Waals surface area contributed by atoms with Gasteiger partial charge >= 0.3 is 0 Å². The Balaban J connectivity index is 2.05. The van der Waals surface area contributed by atoms with Crippen LogP contribution in [0.15, 0.2) is 28.1 Å². The lowest BCUT2D eigenvalue weighted by atomic mass is 10.1. The van der Waals surface area contributed by atoms with Gasteiger partial charge in [-0.1, -0.05) is 0 Å². The number of rotatable bonds is 3. The van der Waals surface area contributed by atoms with E-state index in [1.54, 1.807) is 49.6 Å². The summed E-state index contributed by atoms with van der Waals surface area (Å²) < 4.78 is 11.6. The maximum atomic E-state index is 12.7. The fourth-order valence-corrected chi connectivity index (χ4v) is 4.00. The van der Waals surface area contributed by atoms with Gasteiger partial charge in [-0.05, 0) is 28.1 Å². The molecule has 1 aliphatic rings. The number of fused-ring (bicyclic) bond motifs is 1. The summed E-state index contributed by atoms with van der Waals surface area (Å²) in [6, 6.07) is 5.52. The number of nitrogens with one attached hydrogen (secondary N) is 1. The standard InChI is InChI=1S/C15H15BrN2O3S/c1-18-14(13-4-8(16)7-22-13)17-10-6-12(21-3)11(20-2)5-9(10)15(18)19/h4-7,14,17H,1-3H3/t14-/m1/s1. The number of ether oxygens (including phenoxy) is 2. The predicted molar refractivity (Wildman–Crippen MR) is 90.0 cm³/mol. The number of hydrogen-bond donors (Lipinski definition) is 1. The second-order valence-corrected chi connectivity index (χ2v) is 6.74. The van der Waals surface area contributed by atoms with Crippen LogP contribution >= 0.6 is 27.3 Å². The number of hydrogen-bond acceptors (Lipinski definition) is 5. The van der Waals surface area contributed by atoms with Crippen molar-refractivity contribution < 1.29 is 14.3 Å². The van der Waals surface area contributed by atoms with Crippen molar-refractivity contribution in [2.75, 3.05) is 26.6 Å². The largest absolute Gasteiger partial charge is 0.493 e. The summed E-state index contributed by atoms with van der Waals surface area (Å²) in [6.45, 7) is 0. The zero-order chi connectivity index (χ0) is 15.9. The minimum Gasteiger partial charge on any atom is -0.493 e. The first-order valence-electron chi connectivity index (χ1n) is 6.58. The van der Waals surface area contributed by atoms with Crippen molar-refractivity contribution in [1.29, 1.82) is 0 Å². The molecule has 1 atom stereocenters. The van der Waals surface area contributed by atoms with Gasteiger partial charge in [0.2, 0.25) is 0 Å². The third-order valence-corrected chi connectivity index (χ3v) is 5.36. The average molecular weight is 383 g/mol. The zero-order valence-corrected chi connectivity index (χ0v) is 14.7. The Morgan fingerprint density at radius 1 is 1.23 bits per heavy atom. The summed E-state index contributed by atoms with van der Waals surface area (Å²) in [6.07, 6.45) is -0.200. The van der Waals surface area contributed by atoms with Crippen LogP contribution in [0, 0.1) is 0 Å². The molecule has 116 valence electrons. The van der Waals surface area contributed by atoms with Gasteiger partial charge in [0.25, 0.3) is 5.91 Å². The third kappa shape index (κ3) is 2.44. The second kappa shape index (κ2) is 5.81. The number of nitrogens with zero attached hydrogens (tertiary/aromatic N) is 1. The molecule has 1 aromatic carbocycles. The molecule has 0 saturated carbocycles. The lowest BCUT2D eigenvalue weighted by Crippen LogP contribution is -2.39. The highest BCUT2D eigenvalue weighted by atomic mass is 79.9. The van der Waals surface area contributed by atoms with E-state index < -0.39 is 0 Å². The summed E-state index contributed by atoms with van der Waals surface area (Å²) in [5.41, 5.74) is 1.32. The molecule has 1 amide bonds. The van der Waals surface area contributed by atoms with E-state index in [0.29, 0.717) is 17.1 Å². The van der Waals surface area contributed by atoms with Crippen LogP contribution in [0.1, 0.15) is 21.4 Å². The van der Waals surface area contributed by atoms with E-state index in [0.717, 1.165) is 15.0 Å². The van der Waals surface area contributed by atoms with Crippen LogP contribution in [0.5, 0.6) is 11.5 Å². The summed E-state index contributed by atoms with van der Waals surface area (Å²) in [5, 5.41) is 5.39. The number of halogens is 1. The zero-order valence-electron chi connectivity index (χ0n) is 12.3. The van der Waals surface area contributed by atoms with Gasteiger partial charge in [-0.3, -0.25) is 4.79 Å². The fraction of sp³-hybridized carbons (Fsp3) is 0.267. The number of amides is 1. The lowest BCUT2D eigenvalue weighted by Gasteiger charge is -2.35. The molecular weight excluding hydrogens is 368 g/mol. The van der Waals surface area contributed by atoms with E-state index in [9.17, 15) is 4.79 Å². The molecule has 0 bridgehead atoms. The quantitative estimate of drug-likeness (QED) is 0.878. The van der Waals surface area contributed by atoms with E-state index in [4.69, 9.17) is 9.47 Å². The molecule has 22 heavy (non-hydrogen) atoms. The smallest absolute Gasteiger partial charge is 0.257 e. The normalized spacial score (nSPS) is 17.0. The van der Waals surface area contributed by atoms with E-state index >= 15 is 0 Å². The maximum Gasteiger partial charge on any atom is 0.257 e. The number of thiophene rings is 1. The van der Waals surface area contributed by atoms with Crippen molar-refractivity contribution in [3.05, 3.63) is 38.5 Å². The fourth-order valence-electron chi connectivity index (χ4n) is 2.46. The van der Waals surface area contributed by atoms with Crippen molar-refractivity contribution in [3.63, 3.8) is 0 Å². The predicted octanol–water partition coefficient (Wildman–Crippen LogP) is 3.72. The van der Waals surface area contributed by atoms with Crippen LogP contribution in [0.4, 0.5) is 5.69 Å². The minimum atomic E-state index is -0.200. The summed E-state index contributed by atoms with van der Waals surface area (Å²) in [7, 11) is 4.92. The Morgan fingerprint density at radius 2 is 1.91 bits per heavy atom. The van der Waals surface area contributed by atoms with Crippen molar-refractivity contribution in [2.45, 2.75) is 6.17 Å². The van der Waals surface area contributed by atoms with E-state index in [1.165, 1.54) is 0 Å². The van der Waals surface area contributed by atoms with Crippen LogP contribution < -0.4 is 14.8 Å². The monoisotopic (exact) mass is 382 g/mol. The maximum absolute atomic E-state index is 12.7. The van der Waals surface area contributed by atoms with E-state index in [-0.39, 0.29) is 12.1 Å². The van der Waals surface area contributed by atoms with Crippen LogP contribution in [-0.2, 0) is 0 Å². The van der Waals surface area contributed by atoms with Gasteiger partial charge in [0.1, 0.15) is 6.17 Å². The molecule has 1 aromatic heterocycles. The molecule has 7 heteroatoms. The van der Waals surface area contributed by atoms with Gasteiger partial charge in [0, 0.05) is 27.8 Å². The van der Waals surface area contributed by atoms with Gasteiger partial charge in [-0.2, -0.15) is 0 Å². The summed E-state index contributed by atoms with van der Waals surface area (Å²) in [4.78, 5) is 15.4. The Hall–Kier alpha value is -1.73. The van der Waals surface area contributed by atoms with Gasteiger partial charge in [0.15, 0.2) is 11.5 Å². The number of anilines is 1. The summed E-state index contributed by atoms with van der Waals surface area (Å²) >= 11 is 5.04. The van der Waals surface area contributed by atoms with Crippen LogP contribution in [0.3, 0.4) is 0 Å². The molecular formula is C15H15BrN2O3S. The molecule has 5 nitrogen and oxygen atoms in total. The van der Waals surface area contributed by atoms with E-state index in [2.05, 4.69) is 21.2 Å². The molecule has 0 aliphatic carbocycles. The first kappa shape index (κ1) is 15.2. The Kier molecular flexibility index (Phi) is 4.01.